The molecule has 2 atom stereocenters. The minimum atomic E-state index is -0.820. The lowest BCUT2D eigenvalue weighted by Crippen LogP contribution is -2.47. The second-order valence-corrected chi connectivity index (χ2v) is 8.53. The fourth-order valence-electron chi connectivity index (χ4n) is 3.55. The SMILES string of the molecule is CCC(=O)Nc1cccc([C@H]2OC(=O)N(Cc3ccc(C)cc3)[C@H]2C(=O)NCC(C)C)c1. The zero-order valence-corrected chi connectivity index (χ0v) is 19.1. The van der Waals surface area contributed by atoms with E-state index in [1.54, 1.807) is 31.2 Å². The summed E-state index contributed by atoms with van der Waals surface area (Å²) in [7, 11) is 0. The van der Waals surface area contributed by atoms with E-state index in [0.29, 0.717) is 24.2 Å². The van der Waals surface area contributed by atoms with Crippen LogP contribution in [0.25, 0.3) is 0 Å². The Morgan fingerprint density at radius 2 is 1.84 bits per heavy atom. The molecule has 7 nitrogen and oxygen atoms in total. The predicted octanol–water partition coefficient (Wildman–Crippen LogP) is 4.18. The molecular formula is C25H31N3O4. The van der Waals surface area contributed by atoms with Gasteiger partial charge in [0.15, 0.2) is 12.1 Å². The zero-order chi connectivity index (χ0) is 23.3. The predicted molar refractivity (Wildman–Crippen MR) is 123 cm³/mol. The fraction of sp³-hybridized carbons (Fsp3) is 0.400. The highest BCUT2D eigenvalue weighted by molar-refractivity contribution is 5.91. The van der Waals surface area contributed by atoms with Crippen LogP contribution in [0, 0.1) is 12.8 Å². The lowest BCUT2D eigenvalue weighted by molar-refractivity contribution is -0.126. The standard InChI is InChI=1S/C25H31N3O4/c1-5-21(29)27-20-8-6-7-19(13-20)23-22(24(30)26-14-16(2)3)28(25(31)32-23)15-18-11-9-17(4)10-12-18/h6-13,16,22-23H,5,14-15H2,1-4H3,(H,26,30)(H,27,29)/t22-,23-/m1/s1. The summed E-state index contributed by atoms with van der Waals surface area (Å²) >= 11 is 0. The minimum absolute atomic E-state index is 0.113. The van der Waals surface area contributed by atoms with Gasteiger partial charge >= 0.3 is 6.09 Å². The molecule has 1 aliphatic heterocycles. The number of nitrogens with one attached hydrogen (secondary N) is 2. The van der Waals surface area contributed by atoms with Crippen molar-refractivity contribution in [2.75, 3.05) is 11.9 Å². The van der Waals surface area contributed by atoms with Gasteiger partial charge in [0.2, 0.25) is 11.8 Å². The average Bonchev–Trinajstić information content (AvgIpc) is 3.09. The molecule has 3 rings (SSSR count). The van der Waals surface area contributed by atoms with Crippen LogP contribution in [0.5, 0.6) is 0 Å². The summed E-state index contributed by atoms with van der Waals surface area (Å²) in [4.78, 5) is 39.3. The molecular weight excluding hydrogens is 406 g/mol. The minimum Gasteiger partial charge on any atom is -0.438 e. The lowest BCUT2D eigenvalue weighted by atomic mass is 9.99. The summed E-state index contributed by atoms with van der Waals surface area (Å²) < 4.78 is 5.70. The lowest BCUT2D eigenvalue weighted by Gasteiger charge is -2.25. The quantitative estimate of drug-likeness (QED) is 0.649. The Balaban J connectivity index is 1.90. The maximum absolute atomic E-state index is 13.2. The molecule has 0 spiro atoms. The average molecular weight is 438 g/mol. The van der Waals surface area contributed by atoms with Crippen molar-refractivity contribution in [1.29, 1.82) is 0 Å². The van der Waals surface area contributed by atoms with E-state index in [-0.39, 0.29) is 24.3 Å². The van der Waals surface area contributed by atoms with Crippen molar-refractivity contribution in [1.82, 2.24) is 10.2 Å². The number of aryl methyl sites for hydroxylation is 1. The molecule has 1 saturated heterocycles. The second-order valence-electron chi connectivity index (χ2n) is 8.53. The molecule has 0 radical (unpaired) electrons. The fourth-order valence-corrected chi connectivity index (χ4v) is 3.55. The first-order valence-electron chi connectivity index (χ1n) is 11.0. The van der Waals surface area contributed by atoms with Crippen LogP contribution in [0.1, 0.15) is 50.0 Å². The Labute approximate surface area is 189 Å². The summed E-state index contributed by atoms with van der Waals surface area (Å²) in [5.74, 6) is -0.101. The smallest absolute Gasteiger partial charge is 0.411 e. The molecule has 7 heteroatoms. The molecule has 0 aromatic heterocycles. The van der Waals surface area contributed by atoms with Gasteiger partial charge < -0.3 is 15.4 Å². The van der Waals surface area contributed by atoms with Crippen LogP contribution in [0.4, 0.5) is 10.5 Å². The van der Waals surface area contributed by atoms with E-state index in [0.717, 1.165) is 11.1 Å². The van der Waals surface area contributed by atoms with Crippen LogP contribution < -0.4 is 10.6 Å². The molecule has 0 aliphatic carbocycles. The van der Waals surface area contributed by atoms with E-state index in [1.807, 2.05) is 45.0 Å². The van der Waals surface area contributed by atoms with Gasteiger partial charge in [0, 0.05) is 18.7 Å². The van der Waals surface area contributed by atoms with Gasteiger partial charge in [-0.05, 0) is 36.1 Å². The highest BCUT2D eigenvalue weighted by Crippen LogP contribution is 2.35. The van der Waals surface area contributed by atoms with Gasteiger partial charge in [-0.1, -0.05) is 62.7 Å². The van der Waals surface area contributed by atoms with Crippen molar-refractivity contribution in [3.8, 4) is 0 Å². The molecule has 1 heterocycles. The Morgan fingerprint density at radius 1 is 1.12 bits per heavy atom. The Morgan fingerprint density at radius 3 is 2.50 bits per heavy atom. The summed E-state index contributed by atoms with van der Waals surface area (Å²) in [5, 5.41) is 5.76. The number of anilines is 1. The highest BCUT2D eigenvalue weighted by atomic mass is 16.6. The van der Waals surface area contributed by atoms with Crippen molar-refractivity contribution in [2.45, 2.75) is 52.8 Å². The van der Waals surface area contributed by atoms with E-state index in [4.69, 9.17) is 4.74 Å². The van der Waals surface area contributed by atoms with E-state index in [9.17, 15) is 14.4 Å². The van der Waals surface area contributed by atoms with Gasteiger partial charge in [0.25, 0.3) is 0 Å². The number of benzene rings is 2. The maximum atomic E-state index is 13.2. The van der Waals surface area contributed by atoms with Crippen molar-refractivity contribution in [3.05, 3.63) is 65.2 Å². The largest absolute Gasteiger partial charge is 0.438 e. The Bertz CT molecular complexity index is 971. The first-order chi connectivity index (χ1) is 15.3. The van der Waals surface area contributed by atoms with Crippen LogP contribution >= 0.6 is 0 Å². The van der Waals surface area contributed by atoms with Gasteiger partial charge in [0.1, 0.15) is 0 Å². The summed E-state index contributed by atoms with van der Waals surface area (Å²) in [6, 6.07) is 14.1. The monoisotopic (exact) mass is 437 g/mol. The van der Waals surface area contributed by atoms with Gasteiger partial charge in [-0.25, -0.2) is 4.79 Å². The molecule has 2 N–H and O–H groups in total. The van der Waals surface area contributed by atoms with Crippen molar-refractivity contribution in [2.24, 2.45) is 5.92 Å². The van der Waals surface area contributed by atoms with Gasteiger partial charge in [-0.15, -0.1) is 0 Å². The number of carbonyl (C=O) groups is 3. The first-order valence-corrected chi connectivity index (χ1v) is 11.0. The van der Waals surface area contributed by atoms with Crippen LogP contribution in [0.15, 0.2) is 48.5 Å². The van der Waals surface area contributed by atoms with Crippen molar-refractivity contribution >= 4 is 23.6 Å². The topological polar surface area (TPSA) is 87.7 Å². The number of nitrogens with zero attached hydrogens (tertiary/aromatic N) is 1. The summed E-state index contributed by atoms with van der Waals surface area (Å²) in [5.41, 5.74) is 3.29. The van der Waals surface area contributed by atoms with E-state index >= 15 is 0 Å². The Kier molecular flexibility index (Phi) is 7.51. The molecule has 32 heavy (non-hydrogen) atoms. The third kappa shape index (κ3) is 5.66. The van der Waals surface area contributed by atoms with Gasteiger partial charge in [-0.2, -0.15) is 0 Å². The number of hydrogen-bond donors (Lipinski definition) is 2. The molecule has 170 valence electrons. The summed E-state index contributed by atoms with van der Waals surface area (Å²) in [6.45, 7) is 8.56. The summed E-state index contributed by atoms with van der Waals surface area (Å²) in [6.07, 6.45) is -0.963. The van der Waals surface area contributed by atoms with E-state index in [1.165, 1.54) is 4.90 Å². The molecule has 1 aliphatic rings. The first kappa shape index (κ1) is 23.3. The van der Waals surface area contributed by atoms with Crippen LogP contribution in [0.2, 0.25) is 0 Å². The molecule has 0 bridgehead atoms. The zero-order valence-electron chi connectivity index (χ0n) is 19.1. The highest BCUT2D eigenvalue weighted by Gasteiger charge is 2.47. The van der Waals surface area contributed by atoms with Crippen LogP contribution in [0.3, 0.4) is 0 Å². The van der Waals surface area contributed by atoms with Crippen molar-refractivity contribution in [3.63, 3.8) is 0 Å². The molecule has 0 unspecified atom stereocenters. The number of rotatable bonds is 8. The molecule has 0 saturated carbocycles. The number of ether oxygens (including phenoxy) is 1. The van der Waals surface area contributed by atoms with Crippen LogP contribution in [-0.2, 0) is 20.9 Å². The molecule has 1 fully saturated rings. The molecule has 2 aromatic rings. The third-order valence-electron chi connectivity index (χ3n) is 5.33. The van der Waals surface area contributed by atoms with Crippen molar-refractivity contribution < 1.29 is 19.1 Å². The number of cyclic esters (lactones) is 1. The van der Waals surface area contributed by atoms with Crippen LogP contribution in [-0.4, -0.2) is 35.4 Å². The van der Waals surface area contributed by atoms with Gasteiger partial charge in [0.05, 0.1) is 6.54 Å². The molecule has 2 aromatic carbocycles. The number of hydrogen-bond acceptors (Lipinski definition) is 4. The normalized spacial score (nSPS) is 17.9. The number of carbonyl (C=O) groups excluding carboxylic acids is 3. The van der Waals surface area contributed by atoms with E-state index in [2.05, 4.69) is 10.6 Å². The second kappa shape index (κ2) is 10.3. The van der Waals surface area contributed by atoms with E-state index < -0.39 is 18.2 Å². The Hall–Kier alpha value is -3.35. The third-order valence-corrected chi connectivity index (χ3v) is 5.33. The van der Waals surface area contributed by atoms with Gasteiger partial charge in [-0.3, -0.25) is 14.5 Å². The maximum Gasteiger partial charge on any atom is 0.411 e. The molecule has 3 amide bonds. The number of amides is 3.